The third kappa shape index (κ3) is 5.67. The number of hydrogen-bond acceptors (Lipinski definition) is 7. The number of aromatic hydroxyl groups is 1. The highest BCUT2D eigenvalue weighted by molar-refractivity contribution is 5.92. The van der Waals surface area contributed by atoms with Gasteiger partial charge in [0.05, 0.1) is 17.7 Å². The van der Waals surface area contributed by atoms with E-state index in [-0.39, 0.29) is 35.7 Å². The van der Waals surface area contributed by atoms with E-state index in [9.17, 15) is 14.3 Å². The van der Waals surface area contributed by atoms with Crippen molar-refractivity contribution in [3.63, 3.8) is 0 Å². The number of carbonyl (C=O) groups is 1. The summed E-state index contributed by atoms with van der Waals surface area (Å²) in [4.78, 5) is 23.8. The van der Waals surface area contributed by atoms with E-state index in [4.69, 9.17) is 14.5 Å². The van der Waals surface area contributed by atoms with Crippen LogP contribution in [0, 0.1) is 18.7 Å². The first-order valence-corrected chi connectivity index (χ1v) is 12.3. The van der Waals surface area contributed by atoms with Gasteiger partial charge in [0, 0.05) is 31.6 Å². The van der Waals surface area contributed by atoms with E-state index < -0.39 is 11.9 Å². The number of nitrogens with one attached hydrogen (secondary N) is 1. The number of nitrogens with zero attached hydrogens (tertiary/aromatic N) is 3. The van der Waals surface area contributed by atoms with Crippen molar-refractivity contribution < 1.29 is 23.8 Å². The third-order valence-corrected chi connectivity index (χ3v) is 6.64. The third-order valence-electron chi connectivity index (χ3n) is 6.64. The number of methoxy groups -OCH3 is 1. The smallest absolute Gasteiger partial charge is 0.407 e. The van der Waals surface area contributed by atoms with Gasteiger partial charge in [-0.2, -0.15) is 0 Å². The van der Waals surface area contributed by atoms with Crippen LogP contribution in [0.4, 0.5) is 15.0 Å². The number of piperidine rings is 1. The monoisotopic (exact) mass is 496 g/mol. The lowest BCUT2D eigenvalue weighted by Crippen LogP contribution is -2.48. The molecule has 2 N–H and O–H groups in total. The minimum Gasteiger partial charge on any atom is -0.507 e. The SMILES string of the molecule is CCC(NC(=O)OCCOC)C1CCCN(c2nc(-c3c(O)cccc3F)nc3cc(C)ccc23)C1. The molecule has 9 heteroatoms. The largest absolute Gasteiger partial charge is 0.507 e. The predicted molar refractivity (Wildman–Crippen MR) is 137 cm³/mol. The Balaban J connectivity index is 1.65. The van der Waals surface area contributed by atoms with E-state index >= 15 is 0 Å². The molecule has 3 aromatic rings. The Hall–Kier alpha value is -3.46. The number of fused-ring (bicyclic) bond motifs is 1. The van der Waals surface area contributed by atoms with Crippen LogP contribution in [0.15, 0.2) is 36.4 Å². The highest BCUT2D eigenvalue weighted by Crippen LogP contribution is 2.35. The maximum atomic E-state index is 14.7. The molecule has 2 aromatic carbocycles. The number of halogens is 1. The number of aromatic nitrogens is 2. The highest BCUT2D eigenvalue weighted by atomic mass is 19.1. The second-order valence-corrected chi connectivity index (χ2v) is 9.16. The Bertz CT molecular complexity index is 1200. The molecule has 1 saturated heterocycles. The van der Waals surface area contributed by atoms with Crippen molar-refractivity contribution in [3.8, 4) is 17.1 Å². The lowest BCUT2D eigenvalue weighted by Gasteiger charge is -2.38. The van der Waals surface area contributed by atoms with Gasteiger partial charge in [-0.3, -0.25) is 0 Å². The molecule has 0 aliphatic carbocycles. The lowest BCUT2D eigenvalue weighted by molar-refractivity contribution is 0.0937. The molecule has 1 fully saturated rings. The van der Waals surface area contributed by atoms with Crippen molar-refractivity contribution in [1.82, 2.24) is 15.3 Å². The zero-order valence-corrected chi connectivity index (χ0v) is 21.0. The molecule has 0 bridgehead atoms. The maximum Gasteiger partial charge on any atom is 0.407 e. The summed E-state index contributed by atoms with van der Waals surface area (Å²) in [5.74, 6) is 0.241. The van der Waals surface area contributed by atoms with Gasteiger partial charge >= 0.3 is 6.09 Å². The Morgan fingerprint density at radius 3 is 2.86 bits per heavy atom. The molecule has 2 heterocycles. The second-order valence-electron chi connectivity index (χ2n) is 9.16. The van der Waals surface area contributed by atoms with Crippen molar-refractivity contribution in [3.05, 3.63) is 47.8 Å². The van der Waals surface area contributed by atoms with Crippen molar-refractivity contribution >= 4 is 22.8 Å². The summed E-state index contributed by atoms with van der Waals surface area (Å²) in [6, 6.07) is 10.0. The van der Waals surface area contributed by atoms with Crippen molar-refractivity contribution in [2.24, 2.45) is 5.92 Å². The van der Waals surface area contributed by atoms with E-state index in [2.05, 4.69) is 15.2 Å². The number of hydrogen-bond donors (Lipinski definition) is 2. The molecule has 2 atom stereocenters. The normalized spacial score (nSPS) is 16.7. The van der Waals surface area contributed by atoms with E-state index in [1.807, 2.05) is 32.0 Å². The number of carbonyl (C=O) groups excluding carboxylic acids is 1. The number of rotatable bonds is 8. The van der Waals surface area contributed by atoms with Crippen molar-refractivity contribution in [1.29, 1.82) is 0 Å². The van der Waals surface area contributed by atoms with Gasteiger partial charge in [0.2, 0.25) is 0 Å². The number of anilines is 1. The minimum absolute atomic E-state index is 0.0115. The van der Waals surface area contributed by atoms with E-state index in [0.29, 0.717) is 24.5 Å². The van der Waals surface area contributed by atoms with Gasteiger partial charge in [-0.1, -0.05) is 19.1 Å². The van der Waals surface area contributed by atoms with Crippen LogP contribution in [0.25, 0.3) is 22.3 Å². The molecular formula is C27H33FN4O4. The van der Waals surface area contributed by atoms with Crippen LogP contribution in [0.2, 0.25) is 0 Å². The Morgan fingerprint density at radius 2 is 2.11 bits per heavy atom. The molecule has 1 amide bonds. The van der Waals surface area contributed by atoms with Crippen molar-refractivity contribution in [2.75, 3.05) is 38.3 Å². The molecule has 0 radical (unpaired) electrons. The molecular weight excluding hydrogens is 463 g/mol. The van der Waals surface area contributed by atoms with Crippen LogP contribution in [-0.2, 0) is 9.47 Å². The van der Waals surface area contributed by atoms with E-state index in [1.54, 1.807) is 7.11 Å². The van der Waals surface area contributed by atoms with Crippen LogP contribution in [-0.4, -0.2) is 60.6 Å². The van der Waals surface area contributed by atoms with E-state index in [1.165, 1.54) is 18.2 Å². The van der Waals surface area contributed by atoms with Crippen LogP contribution in [0.5, 0.6) is 5.75 Å². The molecule has 8 nitrogen and oxygen atoms in total. The summed E-state index contributed by atoms with van der Waals surface area (Å²) in [6.45, 7) is 6.01. The van der Waals surface area contributed by atoms with Gasteiger partial charge in [0.15, 0.2) is 5.82 Å². The number of amides is 1. The summed E-state index contributed by atoms with van der Waals surface area (Å²) in [5.41, 5.74) is 1.70. The molecule has 0 saturated carbocycles. The summed E-state index contributed by atoms with van der Waals surface area (Å²) in [6.07, 6.45) is 2.18. The fourth-order valence-corrected chi connectivity index (χ4v) is 4.80. The summed E-state index contributed by atoms with van der Waals surface area (Å²) in [7, 11) is 1.56. The summed E-state index contributed by atoms with van der Waals surface area (Å²) in [5, 5.41) is 14.3. The standard InChI is InChI=1S/C27H33FN4O4/c1-4-21(30-27(34)36-14-13-35-3)18-7-6-12-32(16-18)26-19-11-10-17(2)15-22(19)29-25(31-26)24-20(28)8-5-9-23(24)33/h5,8-11,15,18,21,33H,4,6-7,12-14,16H2,1-3H3,(H,30,34). The van der Waals surface area contributed by atoms with Gasteiger partial charge in [0.1, 0.15) is 24.0 Å². The average molecular weight is 497 g/mol. The average Bonchev–Trinajstić information content (AvgIpc) is 2.86. The van der Waals surface area contributed by atoms with Crippen LogP contribution in [0.3, 0.4) is 0 Å². The Morgan fingerprint density at radius 1 is 1.28 bits per heavy atom. The second kappa shape index (κ2) is 11.5. The highest BCUT2D eigenvalue weighted by Gasteiger charge is 2.30. The molecule has 1 aliphatic rings. The Labute approximate surface area is 210 Å². The number of alkyl carbamates (subject to hydrolysis) is 1. The first kappa shape index (κ1) is 25.6. The fraction of sp³-hybridized carbons (Fsp3) is 0.444. The topological polar surface area (TPSA) is 96.8 Å². The zero-order valence-electron chi connectivity index (χ0n) is 21.0. The van der Waals surface area contributed by atoms with Crippen LogP contribution >= 0.6 is 0 Å². The van der Waals surface area contributed by atoms with Gasteiger partial charge < -0.3 is 24.8 Å². The molecule has 1 aromatic heterocycles. The lowest BCUT2D eigenvalue weighted by atomic mass is 9.89. The zero-order chi connectivity index (χ0) is 25.7. The first-order chi connectivity index (χ1) is 17.4. The van der Waals surface area contributed by atoms with Gasteiger partial charge in [-0.25, -0.2) is 19.2 Å². The van der Waals surface area contributed by atoms with Crippen molar-refractivity contribution in [2.45, 2.75) is 39.2 Å². The van der Waals surface area contributed by atoms with Crippen LogP contribution in [0.1, 0.15) is 31.7 Å². The summed E-state index contributed by atoms with van der Waals surface area (Å²) < 4.78 is 24.9. The molecule has 36 heavy (non-hydrogen) atoms. The number of phenolic OH excluding ortho intramolecular Hbond substituents is 1. The number of benzene rings is 2. The van der Waals surface area contributed by atoms with Crippen LogP contribution < -0.4 is 10.2 Å². The predicted octanol–water partition coefficient (Wildman–Crippen LogP) is 4.82. The quantitative estimate of drug-likeness (QED) is 0.432. The molecule has 1 aliphatic heterocycles. The molecule has 4 rings (SSSR count). The summed E-state index contributed by atoms with van der Waals surface area (Å²) >= 11 is 0. The number of aryl methyl sites for hydroxylation is 1. The van der Waals surface area contributed by atoms with Gasteiger partial charge in [0.25, 0.3) is 0 Å². The number of phenols is 1. The maximum absolute atomic E-state index is 14.7. The first-order valence-electron chi connectivity index (χ1n) is 12.3. The van der Waals surface area contributed by atoms with Gasteiger partial charge in [-0.05, 0) is 61.9 Å². The minimum atomic E-state index is -0.577. The van der Waals surface area contributed by atoms with Gasteiger partial charge in [-0.15, -0.1) is 0 Å². The molecule has 0 spiro atoms. The molecule has 192 valence electrons. The Kier molecular flexibility index (Phi) is 8.20. The fourth-order valence-electron chi connectivity index (χ4n) is 4.80. The number of ether oxygens (including phenoxy) is 2. The molecule has 2 unspecified atom stereocenters. The van der Waals surface area contributed by atoms with E-state index in [0.717, 1.165) is 36.8 Å².